The van der Waals surface area contributed by atoms with Gasteiger partial charge in [0.05, 0.1) is 10.6 Å². The van der Waals surface area contributed by atoms with Gasteiger partial charge < -0.3 is 4.90 Å². The number of carbonyl (C=O) groups is 1. The lowest BCUT2D eigenvalue weighted by atomic mass is 10.1. The van der Waals surface area contributed by atoms with Gasteiger partial charge in [-0.2, -0.15) is 0 Å². The number of aromatic nitrogens is 3. The molecule has 0 radical (unpaired) electrons. The molecule has 5 nitrogen and oxygen atoms in total. The van der Waals surface area contributed by atoms with Gasteiger partial charge in [-0.05, 0) is 36.4 Å². The maximum Gasteiger partial charge on any atom is 0.233 e. The van der Waals surface area contributed by atoms with Gasteiger partial charge in [-0.15, -0.1) is 16.4 Å². The quantitative estimate of drug-likeness (QED) is 0.667. The van der Waals surface area contributed by atoms with Crippen LogP contribution < -0.4 is 0 Å². The van der Waals surface area contributed by atoms with E-state index in [-0.39, 0.29) is 5.91 Å². The molecule has 0 bridgehead atoms. The average Bonchev–Trinajstić information content (AvgIpc) is 3.26. The Morgan fingerprint density at radius 3 is 2.88 bits per heavy atom. The topological polar surface area (TPSA) is 61.9 Å². The molecule has 3 rings (SSSR count). The minimum atomic E-state index is 0.0625. The number of thiophene rings is 1. The molecule has 2 aromatic heterocycles. The fourth-order valence-corrected chi connectivity index (χ4v) is 3.84. The fourth-order valence-electron chi connectivity index (χ4n) is 2.44. The lowest BCUT2D eigenvalue weighted by Crippen LogP contribution is -2.28. The first-order valence-electron chi connectivity index (χ1n) is 7.92. The Hall–Kier alpha value is -2.12. The second-order valence-corrected chi connectivity index (χ2v) is 7.80. The molecule has 0 atom stereocenters. The largest absolute Gasteiger partial charge is 0.341 e. The number of rotatable bonds is 6. The second-order valence-electron chi connectivity index (χ2n) is 5.91. The van der Waals surface area contributed by atoms with Gasteiger partial charge in [-0.3, -0.25) is 9.89 Å². The third kappa shape index (κ3) is 4.49. The number of nitrogens with one attached hydrogen (secondary N) is 1. The third-order valence-electron chi connectivity index (χ3n) is 3.88. The van der Waals surface area contributed by atoms with Crippen LogP contribution in [0, 0.1) is 13.8 Å². The van der Waals surface area contributed by atoms with Gasteiger partial charge in [0.1, 0.15) is 0 Å². The van der Waals surface area contributed by atoms with Crippen LogP contribution in [0.3, 0.4) is 0 Å². The first-order chi connectivity index (χ1) is 12.0. The van der Waals surface area contributed by atoms with E-state index >= 15 is 0 Å². The van der Waals surface area contributed by atoms with E-state index in [2.05, 4.69) is 47.2 Å². The molecule has 0 aliphatic heterocycles. The first kappa shape index (κ1) is 17.7. The van der Waals surface area contributed by atoms with Crippen LogP contribution in [0.5, 0.6) is 0 Å². The Bertz CT molecular complexity index is 858. The predicted molar refractivity (Wildman–Crippen MR) is 103 cm³/mol. The number of nitrogens with zero attached hydrogens (tertiary/aromatic N) is 3. The molecule has 0 saturated heterocycles. The van der Waals surface area contributed by atoms with Gasteiger partial charge in [0.2, 0.25) is 11.1 Å². The number of aryl methyl sites for hydroxylation is 2. The molecule has 3 aromatic rings. The summed E-state index contributed by atoms with van der Waals surface area (Å²) in [6, 6.07) is 10.3. The number of hydrogen-bond acceptors (Lipinski definition) is 5. The van der Waals surface area contributed by atoms with E-state index in [0.29, 0.717) is 17.5 Å². The van der Waals surface area contributed by atoms with Crippen LogP contribution in [0.4, 0.5) is 0 Å². The highest BCUT2D eigenvalue weighted by Crippen LogP contribution is 2.23. The van der Waals surface area contributed by atoms with Gasteiger partial charge in [0, 0.05) is 13.6 Å². The second kappa shape index (κ2) is 7.84. The molecule has 1 aromatic carbocycles. The minimum absolute atomic E-state index is 0.0625. The number of hydrogen-bond donors (Lipinski definition) is 1. The summed E-state index contributed by atoms with van der Waals surface area (Å²) < 4.78 is 0. The van der Waals surface area contributed by atoms with Crippen LogP contribution in [0.15, 0.2) is 40.9 Å². The fraction of sp³-hybridized carbons (Fsp3) is 0.278. The average molecular weight is 373 g/mol. The summed E-state index contributed by atoms with van der Waals surface area (Å²) in [7, 11) is 1.83. The van der Waals surface area contributed by atoms with Crippen LogP contribution in [-0.2, 0) is 11.3 Å². The van der Waals surface area contributed by atoms with Crippen molar-refractivity contribution < 1.29 is 4.79 Å². The predicted octanol–water partition coefficient (Wildman–Crippen LogP) is 3.90. The summed E-state index contributed by atoms with van der Waals surface area (Å²) in [5.74, 6) is 1.13. The normalized spacial score (nSPS) is 10.8. The lowest BCUT2D eigenvalue weighted by Gasteiger charge is -2.18. The van der Waals surface area contributed by atoms with Crippen molar-refractivity contribution in [3.05, 3.63) is 52.4 Å². The number of carbonyl (C=O) groups excluding carboxylic acids is 1. The molecule has 1 amide bonds. The van der Waals surface area contributed by atoms with E-state index in [9.17, 15) is 4.79 Å². The van der Waals surface area contributed by atoms with Crippen LogP contribution in [0.1, 0.15) is 16.7 Å². The van der Waals surface area contributed by atoms with Crippen LogP contribution in [0.2, 0.25) is 0 Å². The SMILES string of the molecule is Cc1ccc(CN(C)C(=O)CSc2n[nH]c(-c3cccs3)n2)c(C)c1. The molecular weight excluding hydrogens is 352 g/mol. The summed E-state index contributed by atoms with van der Waals surface area (Å²) in [5, 5.41) is 9.68. The standard InChI is InChI=1S/C18H20N4OS2/c1-12-6-7-14(13(2)9-12)10-22(3)16(23)11-25-18-19-17(20-21-18)15-5-4-8-24-15/h4-9H,10-11H2,1-3H3,(H,19,20,21). The van der Waals surface area contributed by atoms with Crippen molar-refractivity contribution in [2.75, 3.05) is 12.8 Å². The van der Waals surface area contributed by atoms with E-state index < -0.39 is 0 Å². The zero-order valence-electron chi connectivity index (χ0n) is 14.4. The zero-order chi connectivity index (χ0) is 17.8. The zero-order valence-corrected chi connectivity index (χ0v) is 16.1. The molecule has 0 unspecified atom stereocenters. The molecular formula is C18H20N4OS2. The van der Waals surface area contributed by atoms with E-state index in [0.717, 1.165) is 10.7 Å². The number of aromatic amines is 1. The lowest BCUT2D eigenvalue weighted by molar-refractivity contribution is -0.127. The Balaban J connectivity index is 1.55. The molecule has 0 saturated carbocycles. The van der Waals surface area contributed by atoms with E-state index in [1.165, 1.54) is 28.5 Å². The van der Waals surface area contributed by atoms with E-state index in [1.54, 1.807) is 16.2 Å². The number of H-pyrrole nitrogens is 1. The van der Waals surface area contributed by atoms with E-state index in [1.807, 2.05) is 24.6 Å². The number of thioether (sulfide) groups is 1. The van der Waals surface area contributed by atoms with Crippen molar-refractivity contribution in [2.45, 2.75) is 25.5 Å². The first-order valence-corrected chi connectivity index (χ1v) is 9.78. The van der Waals surface area contributed by atoms with Gasteiger partial charge in [0.15, 0.2) is 5.82 Å². The van der Waals surface area contributed by atoms with Crippen molar-refractivity contribution in [3.63, 3.8) is 0 Å². The Morgan fingerprint density at radius 1 is 1.32 bits per heavy atom. The maximum atomic E-state index is 12.4. The molecule has 2 heterocycles. The van der Waals surface area contributed by atoms with Crippen LogP contribution in [0.25, 0.3) is 10.7 Å². The number of benzene rings is 1. The molecule has 0 fully saturated rings. The molecule has 1 N–H and O–H groups in total. The van der Waals surface area contributed by atoms with Crippen molar-refractivity contribution in [1.29, 1.82) is 0 Å². The van der Waals surface area contributed by atoms with Crippen molar-refractivity contribution in [3.8, 4) is 10.7 Å². The third-order valence-corrected chi connectivity index (χ3v) is 5.58. The Labute approximate surface area is 155 Å². The van der Waals surface area contributed by atoms with Gasteiger partial charge in [0.25, 0.3) is 0 Å². The molecule has 7 heteroatoms. The summed E-state index contributed by atoms with van der Waals surface area (Å²) in [5.41, 5.74) is 3.61. The summed E-state index contributed by atoms with van der Waals surface area (Å²) >= 11 is 2.96. The Morgan fingerprint density at radius 2 is 2.16 bits per heavy atom. The highest BCUT2D eigenvalue weighted by molar-refractivity contribution is 7.99. The summed E-state index contributed by atoms with van der Waals surface area (Å²) in [6.45, 7) is 4.76. The maximum absolute atomic E-state index is 12.4. The summed E-state index contributed by atoms with van der Waals surface area (Å²) in [4.78, 5) is 19.6. The Kier molecular flexibility index (Phi) is 5.55. The molecule has 130 valence electrons. The van der Waals surface area contributed by atoms with Crippen LogP contribution >= 0.6 is 23.1 Å². The molecule has 0 aliphatic rings. The van der Waals surface area contributed by atoms with E-state index in [4.69, 9.17) is 0 Å². The van der Waals surface area contributed by atoms with Gasteiger partial charge >= 0.3 is 0 Å². The van der Waals surface area contributed by atoms with Gasteiger partial charge in [-0.25, -0.2) is 4.98 Å². The number of amides is 1. The molecule has 25 heavy (non-hydrogen) atoms. The summed E-state index contributed by atoms with van der Waals surface area (Å²) in [6.07, 6.45) is 0. The monoisotopic (exact) mass is 372 g/mol. The van der Waals surface area contributed by atoms with Crippen molar-refractivity contribution in [1.82, 2.24) is 20.1 Å². The highest BCUT2D eigenvalue weighted by atomic mass is 32.2. The molecule has 0 spiro atoms. The van der Waals surface area contributed by atoms with Crippen LogP contribution in [-0.4, -0.2) is 38.8 Å². The highest BCUT2D eigenvalue weighted by Gasteiger charge is 2.13. The molecule has 0 aliphatic carbocycles. The minimum Gasteiger partial charge on any atom is -0.341 e. The van der Waals surface area contributed by atoms with Crippen molar-refractivity contribution in [2.24, 2.45) is 0 Å². The van der Waals surface area contributed by atoms with Crippen molar-refractivity contribution >= 4 is 29.0 Å². The smallest absolute Gasteiger partial charge is 0.233 e. The van der Waals surface area contributed by atoms with Gasteiger partial charge in [-0.1, -0.05) is 41.6 Å².